The first-order valence-corrected chi connectivity index (χ1v) is 10.1. The summed E-state index contributed by atoms with van der Waals surface area (Å²) in [7, 11) is 1.97. The number of carbonyl (C=O) groups excluding carboxylic acids is 1. The molecule has 1 N–H and O–H groups in total. The topological polar surface area (TPSA) is 41.6 Å². The number of carbonyl (C=O) groups is 1. The predicted molar refractivity (Wildman–Crippen MR) is 109 cm³/mol. The number of nitrogens with one attached hydrogen (secondary N) is 1. The Balaban J connectivity index is 1.95. The number of amides is 1. The molecule has 138 valence electrons. The Morgan fingerprint density at radius 2 is 2.04 bits per heavy atom. The Morgan fingerprint density at radius 3 is 2.64 bits per heavy atom. The summed E-state index contributed by atoms with van der Waals surface area (Å²) in [5, 5.41) is 3.34. The van der Waals surface area contributed by atoms with Crippen LogP contribution in [0.5, 0.6) is 5.75 Å². The molecule has 1 fully saturated rings. The second kappa shape index (κ2) is 9.53. The predicted octanol–water partition coefficient (Wildman–Crippen LogP) is 4.76. The van der Waals surface area contributed by atoms with Gasteiger partial charge >= 0.3 is 0 Å². The van der Waals surface area contributed by atoms with E-state index in [2.05, 4.69) is 35.1 Å². The van der Waals surface area contributed by atoms with Crippen LogP contribution >= 0.6 is 28.1 Å². The Morgan fingerprint density at radius 1 is 1.36 bits per heavy atom. The van der Waals surface area contributed by atoms with Crippen LogP contribution in [0.4, 0.5) is 0 Å². The maximum Gasteiger partial charge on any atom is 0.257 e. The minimum Gasteiger partial charge on any atom is -0.492 e. The summed E-state index contributed by atoms with van der Waals surface area (Å²) in [5.41, 5.74) is 0.558. The maximum atomic E-state index is 12.5. The summed E-state index contributed by atoms with van der Waals surface area (Å²) < 4.78 is 6.49. The molecule has 1 aliphatic carbocycles. The fourth-order valence-corrected chi connectivity index (χ4v) is 3.64. The molecule has 0 atom stereocenters. The van der Waals surface area contributed by atoms with Gasteiger partial charge in [0.25, 0.3) is 5.91 Å². The highest BCUT2D eigenvalue weighted by molar-refractivity contribution is 9.10. The van der Waals surface area contributed by atoms with Crippen molar-refractivity contribution < 1.29 is 9.53 Å². The number of benzene rings is 1. The van der Waals surface area contributed by atoms with E-state index in [9.17, 15) is 4.79 Å². The van der Waals surface area contributed by atoms with Gasteiger partial charge in [0, 0.05) is 18.7 Å². The standard InChI is InChI=1S/C19H27BrN2O2S/c1-13(2)12-24-17-10-9-14(11-16(17)20)18(23)21-19(25)22(3)15-7-5-4-6-8-15/h9-11,13,15H,4-8,12H2,1-3H3,(H,21,23,25). The van der Waals surface area contributed by atoms with E-state index in [0.717, 1.165) is 23.1 Å². The molecule has 0 bridgehead atoms. The van der Waals surface area contributed by atoms with E-state index in [1.807, 2.05) is 18.0 Å². The monoisotopic (exact) mass is 426 g/mol. The van der Waals surface area contributed by atoms with Gasteiger partial charge in [-0.25, -0.2) is 0 Å². The van der Waals surface area contributed by atoms with Gasteiger partial charge in [-0.3, -0.25) is 10.1 Å². The lowest BCUT2D eigenvalue weighted by Crippen LogP contribution is -2.46. The fraction of sp³-hybridized carbons (Fsp3) is 0.579. The summed E-state index contributed by atoms with van der Waals surface area (Å²) >= 11 is 8.90. The van der Waals surface area contributed by atoms with Crippen molar-refractivity contribution in [3.8, 4) is 5.75 Å². The van der Waals surface area contributed by atoms with E-state index in [0.29, 0.717) is 29.2 Å². The molecule has 25 heavy (non-hydrogen) atoms. The molecule has 2 rings (SSSR count). The van der Waals surface area contributed by atoms with Crippen molar-refractivity contribution in [3.63, 3.8) is 0 Å². The van der Waals surface area contributed by atoms with E-state index in [1.54, 1.807) is 12.1 Å². The van der Waals surface area contributed by atoms with E-state index in [1.165, 1.54) is 19.3 Å². The molecule has 0 saturated heterocycles. The van der Waals surface area contributed by atoms with Crippen LogP contribution in [0.25, 0.3) is 0 Å². The first-order valence-electron chi connectivity index (χ1n) is 8.89. The van der Waals surface area contributed by atoms with Crippen molar-refractivity contribution in [2.45, 2.75) is 52.0 Å². The SMILES string of the molecule is CC(C)COc1ccc(C(=O)NC(=S)N(C)C2CCCCC2)cc1Br. The van der Waals surface area contributed by atoms with E-state index in [4.69, 9.17) is 17.0 Å². The van der Waals surface area contributed by atoms with Crippen LogP contribution in [0.1, 0.15) is 56.3 Å². The highest BCUT2D eigenvalue weighted by Crippen LogP contribution is 2.26. The normalized spacial score (nSPS) is 15.1. The van der Waals surface area contributed by atoms with Gasteiger partial charge in [-0.15, -0.1) is 0 Å². The molecule has 1 aromatic rings. The molecular weight excluding hydrogens is 400 g/mol. The number of hydrogen-bond donors (Lipinski definition) is 1. The molecule has 0 radical (unpaired) electrons. The average molecular weight is 427 g/mol. The van der Waals surface area contributed by atoms with E-state index >= 15 is 0 Å². The average Bonchev–Trinajstić information content (AvgIpc) is 2.60. The van der Waals surface area contributed by atoms with Crippen molar-refractivity contribution in [2.24, 2.45) is 5.92 Å². The first-order chi connectivity index (χ1) is 11.9. The summed E-state index contributed by atoms with van der Waals surface area (Å²) in [6, 6.07) is 5.78. The molecule has 0 aliphatic heterocycles. The fourth-order valence-electron chi connectivity index (χ4n) is 2.91. The number of thiocarbonyl (C=S) groups is 1. The third kappa shape index (κ3) is 5.96. The second-order valence-corrected chi connectivity index (χ2v) is 8.25. The molecule has 4 nitrogen and oxygen atoms in total. The lowest BCUT2D eigenvalue weighted by atomic mass is 9.95. The van der Waals surface area contributed by atoms with E-state index in [-0.39, 0.29) is 5.91 Å². The van der Waals surface area contributed by atoms with Crippen molar-refractivity contribution >= 4 is 39.2 Å². The van der Waals surface area contributed by atoms with Crippen LogP contribution in [-0.4, -0.2) is 35.6 Å². The van der Waals surface area contributed by atoms with Gasteiger partial charge < -0.3 is 9.64 Å². The van der Waals surface area contributed by atoms with Crippen LogP contribution in [0.3, 0.4) is 0 Å². The summed E-state index contributed by atoms with van der Waals surface area (Å²) in [6.45, 7) is 4.83. The smallest absolute Gasteiger partial charge is 0.257 e. The van der Waals surface area contributed by atoms with Crippen LogP contribution < -0.4 is 10.1 Å². The van der Waals surface area contributed by atoms with Crippen LogP contribution in [0, 0.1) is 5.92 Å². The largest absolute Gasteiger partial charge is 0.492 e. The van der Waals surface area contributed by atoms with Gasteiger partial charge in [0.1, 0.15) is 5.75 Å². The lowest BCUT2D eigenvalue weighted by molar-refractivity contribution is 0.0971. The lowest BCUT2D eigenvalue weighted by Gasteiger charge is -2.32. The Labute approximate surface area is 164 Å². The van der Waals surface area contributed by atoms with Crippen LogP contribution in [0.2, 0.25) is 0 Å². The van der Waals surface area contributed by atoms with Gasteiger partial charge in [-0.2, -0.15) is 0 Å². The third-order valence-electron chi connectivity index (χ3n) is 4.43. The summed E-state index contributed by atoms with van der Waals surface area (Å²) in [6.07, 6.45) is 6.04. The molecule has 6 heteroatoms. The van der Waals surface area contributed by atoms with Crippen molar-refractivity contribution in [3.05, 3.63) is 28.2 Å². The minimum absolute atomic E-state index is 0.191. The van der Waals surface area contributed by atoms with Crippen LogP contribution in [-0.2, 0) is 0 Å². The van der Waals surface area contributed by atoms with Gasteiger partial charge in [-0.1, -0.05) is 33.1 Å². The summed E-state index contributed by atoms with van der Waals surface area (Å²) in [5.74, 6) is 0.999. The zero-order valence-corrected chi connectivity index (χ0v) is 17.6. The maximum absolute atomic E-state index is 12.5. The van der Waals surface area contributed by atoms with Gasteiger partial charge in [0.05, 0.1) is 11.1 Å². The minimum atomic E-state index is -0.191. The number of hydrogen-bond acceptors (Lipinski definition) is 3. The number of nitrogens with zero attached hydrogens (tertiary/aromatic N) is 1. The Bertz CT molecular complexity index is 615. The van der Waals surface area contributed by atoms with Gasteiger partial charge in [0.15, 0.2) is 5.11 Å². The molecule has 1 aliphatic rings. The molecule has 0 heterocycles. The van der Waals surface area contributed by atoms with Crippen molar-refractivity contribution in [2.75, 3.05) is 13.7 Å². The summed E-state index contributed by atoms with van der Waals surface area (Å²) in [4.78, 5) is 14.5. The highest BCUT2D eigenvalue weighted by atomic mass is 79.9. The molecule has 0 aromatic heterocycles. The van der Waals surface area contributed by atoms with Crippen molar-refractivity contribution in [1.29, 1.82) is 0 Å². The van der Waals surface area contributed by atoms with Crippen molar-refractivity contribution in [1.82, 2.24) is 10.2 Å². The number of ether oxygens (including phenoxy) is 1. The second-order valence-electron chi connectivity index (χ2n) is 7.01. The molecule has 0 spiro atoms. The number of halogens is 1. The zero-order valence-electron chi connectivity index (χ0n) is 15.2. The van der Waals surface area contributed by atoms with E-state index < -0.39 is 0 Å². The third-order valence-corrected chi connectivity index (χ3v) is 5.44. The quantitative estimate of drug-likeness (QED) is 0.688. The number of rotatable bonds is 5. The molecular formula is C19H27BrN2O2S. The molecule has 1 saturated carbocycles. The Kier molecular flexibility index (Phi) is 7.69. The van der Waals surface area contributed by atoms with Crippen LogP contribution in [0.15, 0.2) is 22.7 Å². The highest BCUT2D eigenvalue weighted by Gasteiger charge is 2.21. The first kappa shape index (κ1) is 20.2. The molecule has 1 aromatic carbocycles. The van der Waals surface area contributed by atoms with Gasteiger partial charge in [-0.05, 0) is 65.1 Å². The van der Waals surface area contributed by atoms with Gasteiger partial charge in [0.2, 0.25) is 0 Å². The molecule has 1 amide bonds. The zero-order chi connectivity index (χ0) is 18.4. The Hall–Kier alpha value is -1.14. The molecule has 0 unspecified atom stereocenters.